The molecule has 1 rings (SSSR count). The van der Waals surface area contributed by atoms with Crippen molar-refractivity contribution in [3.8, 4) is 0 Å². The van der Waals surface area contributed by atoms with E-state index in [4.69, 9.17) is 5.73 Å². The Labute approximate surface area is 104 Å². The second kappa shape index (κ2) is 5.41. The van der Waals surface area contributed by atoms with Crippen LogP contribution in [0.3, 0.4) is 0 Å². The highest BCUT2D eigenvalue weighted by Crippen LogP contribution is 2.22. The van der Waals surface area contributed by atoms with Crippen LogP contribution in [0.25, 0.3) is 0 Å². The molecule has 0 amide bonds. The number of anilines is 2. The van der Waals surface area contributed by atoms with Crippen LogP contribution in [-0.4, -0.2) is 17.8 Å². The van der Waals surface area contributed by atoms with Gasteiger partial charge in [-0.3, -0.25) is 0 Å². The summed E-state index contributed by atoms with van der Waals surface area (Å²) in [6, 6.07) is 5.76. The van der Waals surface area contributed by atoms with Crippen LogP contribution in [0.4, 0.5) is 11.4 Å². The highest BCUT2D eigenvalue weighted by atomic mass is 16.3. The van der Waals surface area contributed by atoms with E-state index in [1.807, 2.05) is 25.1 Å². The molecule has 3 heteroatoms. The molecule has 17 heavy (non-hydrogen) atoms. The van der Waals surface area contributed by atoms with Crippen LogP contribution in [0.15, 0.2) is 18.2 Å². The van der Waals surface area contributed by atoms with Crippen molar-refractivity contribution in [1.82, 2.24) is 0 Å². The number of hydrogen-bond donors (Lipinski definition) is 3. The number of aliphatic hydroxyl groups is 1. The minimum Gasteiger partial charge on any atom is -0.399 e. The van der Waals surface area contributed by atoms with Crippen LogP contribution < -0.4 is 11.1 Å². The van der Waals surface area contributed by atoms with Gasteiger partial charge in [-0.15, -0.1) is 0 Å². The van der Waals surface area contributed by atoms with E-state index < -0.39 is 0 Å². The quantitative estimate of drug-likeness (QED) is 0.705. The lowest BCUT2D eigenvalue weighted by Crippen LogP contribution is -2.25. The number of nitrogens with one attached hydrogen (secondary N) is 1. The third kappa shape index (κ3) is 5.09. The standard InChI is InChI=1S/C14H24N2O/c1-10-5-6-11(15)7-13(10)16-9-12(17)8-14(2,3)4/h5-7,12,16-17H,8-9,15H2,1-4H3. The summed E-state index contributed by atoms with van der Waals surface area (Å²) in [5.74, 6) is 0. The zero-order chi connectivity index (χ0) is 13.1. The Morgan fingerprint density at radius 2 is 2.00 bits per heavy atom. The summed E-state index contributed by atoms with van der Waals surface area (Å²) in [6.45, 7) is 8.96. The topological polar surface area (TPSA) is 58.3 Å². The Hall–Kier alpha value is -1.22. The molecule has 4 N–H and O–H groups in total. The van der Waals surface area contributed by atoms with Crippen LogP contribution in [-0.2, 0) is 0 Å². The van der Waals surface area contributed by atoms with E-state index >= 15 is 0 Å². The molecule has 1 unspecified atom stereocenters. The Balaban J connectivity index is 2.53. The van der Waals surface area contributed by atoms with Gasteiger partial charge in [0.1, 0.15) is 0 Å². The number of aliphatic hydroxyl groups excluding tert-OH is 1. The zero-order valence-corrected chi connectivity index (χ0v) is 11.2. The minimum atomic E-state index is -0.337. The van der Waals surface area contributed by atoms with E-state index in [2.05, 4.69) is 26.1 Å². The lowest BCUT2D eigenvalue weighted by atomic mass is 9.89. The number of rotatable bonds is 4. The molecule has 0 heterocycles. The van der Waals surface area contributed by atoms with Crippen molar-refractivity contribution in [2.45, 2.75) is 40.2 Å². The Morgan fingerprint density at radius 3 is 2.59 bits per heavy atom. The lowest BCUT2D eigenvalue weighted by molar-refractivity contribution is 0.132. The fourth-order valence-corrected chi connectivity index (χ4v) is 1.84. The maximum Gasteiger partial charge on any atom is 0.0717 e. The van der Waals surface area contributed by atoms with Crippen LogP contribution in [0, 0.1) is 12.3 Å². The van der Waals surface area contributed by atoms with Gasteiger partial charge in [-0.2, -0.15) is 0 Å². The molecule has 0 aliphatic rings. The van der Waals surface area contributed by atoms with Crippen molar-refractivity contribution in [2.24, 2.45) is 5.41 Å². The predicted molar refractivity (Wildman–Crippen MR) is 74.2 cm³/mol. The van der Waals surface area contributed by atoms with Gasteiger partial charge in [-0.05, 0) is 36.5 Å². The van der Waals surface area contributed by atoms with Gasteiger partial charge in [-0.1, -0.05) is 26.8 Å². The molecule has 96 valence electrons. The smallest absolute Gasteiger partial charge is 0.0717 e. The van der Waals surface area contributed by atoms with Crippen molar-refractivity contribution in [2.75, 3.05) is 17.6 Å². The van der Waals surface area contributed by atoms with Gasteiger partial charge in [0.25, 0.3) is 0 Å². The number of aryl methyl sites for hydroxylation is 1. The first-order chi connectivity index (χ1) is 7.78. The minimum absolute atomic E-state index is 0.145. The van der Waals surface area contributed by atoms with Crippen molar-refractivity contribution in [1.29, 1.82) is 0 Å². The molecule has 1 atom stereocenters. The summed E-state index contributed by atoms with van der Waals surface area (Å²) in [5.41, 5.74) is 8.76. The molecule has 3 nitrogen and oxygen atoms in total. The largest absolute Gasteiger partial charge is 0.399 e. The highest BCUT2D eigenvalue weighted by Gasteiger charge is 2.16. The second-order valence-corrected chi connectivity index (χ2v) is 5.87. The maximum atomic E-state index is 9.91. The number of nitrogen functional groups attached to an aromatic ring is 1. The third-order valence-corrected chi connectivity index (χ3v) is 2.64. The average Bonchev–Trinajstić information content (AvgIpc) is 2.17. The summed E-state index contributed by atoms with van der Waals surface area (Å²) in [5, 5.41) is 13.2. The van der Waals surface area contributed by atoms with Gasteiger partial charge in [0.2, 0.25) is 0 Å². The third-order valence-electron chi connectivity index (χ3n) is 2.64. The Morgan fingerprint density at radius 1 is 1.35 bits per heavy atom. The normalized spacial score (nSPS) is 13.5. The maximum absolute atomic E-state index is 9.91. The van der Waals surface area contributed by atoms with Crippen LogP contribution in [0.1, 0.15) is 32.8 Å². The van der Waals surface area contributed by atoms with E-state index in [0.29, 0.717) is 6.54 Å². The Kier molecular flexibility index (Phi) is 4.40. The molecule has 1 aromatic rings. The summed E-state index contributed by atoms with van der Waals surface area (Å²) in [7, 11) is 0. The zero-order valence-electron chi connectivity index (χ0n) is 11.2. The summed E-state index contributed by atoms with van der Waals surface area (Å²) in [4.78, 5) is 0. The van der Waals surface area contributed by atoms with E-state index in [0.717, 1.165) is 23.4 Å². The SMILES string of the molecule is Cc1ccc(N)cc1NCC(O)CC(C)(C)C. The first kappa shape index (κ1) is 13.8. The van der Waals surface area contributed by atoms with Crippen molar-refractivity contribution in [3.63, 3.8) is 0 Å². The summed E-state index contributed by atoms with van der Waals surface area (Å²) >= 11 is 0. The number of hydrogen-bond acceptors (Lipinski definition) is 3. The van der Waals surface area contributed by atoms with Gasteiger partial charge in [-0.25, -0.2) is 0 Å². The molecular formula is C14H24N2O. The molecular weight excluding hydrogens is 212 g/mol. The average molecular weight is 236 g/mol. The van der Waals surface area contributed by atoms with Gasteiger partial charge in [0, 0.05) is 17.9 Å². The Bertz CT molecular complexity index is 369. The van der Waals surface area contributed by atoms with Gasteiger partial charge in [0.15, 0.2) is 0 Å². The monoisotopic (exact) mass is 236 g/mol. The van der Waals surface area contributed by atoms with Gasteiger partial charge in [0.05, 0.1) is 6.10 Å². The molecule has 0 aliphatic carbocycles. The second-order valence-electron chi connectivity index (χ2n) is 5.87. The fourth-order valence-electron chi connectivity index (χ4n) is 1.84. The van der Waals surface area contributed by atoms with E-state index in [1.54, 1.807) is 0 Å². The van der Waals surface area contributed by atoms with E-state index in [1.165, 1.54) is 0 Å². The molecule has 0 aliphatic heterocycles. The molecule has 0 saturated carbocycles. The van der Waals surface area contributed by atoms with E-state index in [9.17, 15) is 5.11 Å². The first-order valence-electron chi connectivity index (χ1n) is 6.06. The lowest BCUT2D eigenvalue weighted by Gasteiger charge is -2.23. The van der Waals surface area contributed by atoms with Gasteiger partial charge >= 0.3 is 0 Å². The van der Waals surface area contributed by atoms with Crippen molar-refractivity contribution < 1.29 is 5.11 Å². The molecule has 0 fully saturated rings. The molecule has 0 aromatic heterocycles. The van der Waals surface area contributed by atoms with Crippen molar-refractivity contribution in [3.05, 3.63) is 23.8 Å². The number of nitrogens with two attached hydrogens (primary N) is 1. The molecule has 0 saturated heterocycles. The predicted octanol–water partition coefficient (Wildman–Crippen LogP) is 2.79. The molecule has 0 radical (unpaired) electrons. The van der Waals surface area contributed by atoms with Gasteiger partial charge < -0.3 is 16.2 Å². The molecule has 1 aromatic carbocycles. The van der Waals surface area contributed by atoms with E-state index in [-0.39, 0.29) is 11.5 Å². The van der Waals surface area contributed by atoms with Crippen LogP contribution >= 0.6 is 0 Å². The highest BCUT2D eigenvalue weighted by molar-refractivity contribution is 5.59. The molecule has 0 spiro atoms. The van der Waals surface area contributed by atoms with Crippen LogP contribution in [0.5, 0.6) is 0 Å². The summed E-state index contributed by atoms with van der Waals surface area (Å²) in [6.07, 6.45) is 0.442. The fraction of sp³-hybridized carbons (Fsp3) is 0.571. The van der Waals surface area contributed by atoms with Crippen LogP contribution in [0.2, 0.25) is 0 Å². The summed E-state index contributed by atoms with van der Waals surface area (Å²) < 4.78 is 0. The molecule has 0 bridgehead atoms. The number of benzene rings is 1. The first-order valence-corrected chi connectivity index (χ1v) is 6.06. The van der Waals surface area contributed by atoms with Crippen molar-refractivity contribution >= 4 is 11.4 Å².